The molecule has 0 bridgehead atoms. The number of carbonyl (C=O) groups is 1. The zero-order valence-corrected chi connectivity index (χ0v) is 11.1. The number of rotatable bonds is 2. The van der Waals surface area contributed by atoms with Crippen LogP contribution < -0.4 is 0 Å². The van der Waals surface area contributed by atoms with Crippen molar-refractivity contribution in [2.24, 2.45) is 0 Å². The zero-order chi connectivity index (χ0) is 10.7. The van der Waals surface area contributed by atoms with E-state index in [1.54, 1.807) is 13.0 Å². The van der Waals surface area contributed by atoms with Gasteiger partial charge in [0.25, 0.3) is 0 Å². The van der Waals surface area contributed by atoms with E-state index in [-0.39, 0.29) is 12.2 Å². The number of carbonyl (C=O) groups excluding carboxylic acids is 1. The Kier molecular flexibility index (Phi) is 4.31. The summed E-state index contributed by atoms with van der Waals surface area (Å²) in [5, 5.41) is 0. The lowest BCUT2D eigenvalue weighted by Gasteiger charge is -2.04. The Hall–Kier alpha value is -0.170. The molecule has 0 aliphatic carbocycles. The van der Waals surface area contributed by atoms with Crippen LogP contribution in [0.4, 0.5) is 4.39 Å². The fraction of sp³-hybridized carbons (Fsp3) is 0.222. The predicted molar refractivity (Wildman–Crippen MR) is 62.8 cm³/mol. The van der Waals surface area contributed by atoms with Crippen LogP contribution in [0.1, 0.15) is 17.3 Å². The lowest BCUT2D eigenvalue weighted by atomic mass is 10.2. The monoisotopic (exact) mass is 372 g/mol. The van der Waals surface area contributed by atoms with E-state index < -0.39 is 11.8 Å². The van der Waals surface area contributed by atoms with Crippen molar-refractivity contribution in [2.45, 2.75) is 6.92 Å². The van der Waals surface area contributed by atoms with Crippen LogP contribution in [-0.4, -0.2) is 12.6 Å². The van der Waals surface area contributed by atoms with Crippen molar-refractivity contribution >= 4 is 44.5 Å². The predicted octanol–water partition coefficient (Wildman–Crippen LogP) is 3.37. The molecule has 14 heavy (non-hydrogen) atoms. The first-order valence-corrected chi connectivity index (χ1v) is 5.75. The fourth-order valence-electron chi connectivity index (χ4n) is 0.888. The number of esters is 1. The normalized spacial score (nSPS) is 10.0. The van der Waals surface area contributed by atoms with Crippen LogP contribution in [0.15, 0.2) is 16.6 Å². The molecule has 0 aliphatic heterocycles. The molecule has 5 heteroatoms. The lowest BCUT2D eigenvalue weighted by molar-refractivity contribution is 0.0525. The average molecular weight is 373 g/mol. The Morgan fingerprint density at radius 3 is 2.79 bits per heavy atom. The minimum atomic E-state index is -0.503. The van der Waals surface area contributed by atoms with E-state index in [1.807, 2.05) is 22.6 Å². The Balaban J connectivity index is 3.06. The van der Waals surface area contributed by atoms with Gasteiger partial charge >= 0.3 is 5.97 Å². The second-order valence-corrected chi connectivity index (χ2v) is 4.43. The van der Waals surface area contributed by atoms with E-state index in [4.69, 9.17) is 4.74 Å². The second-order valence-electron chi connectivity index (χ2n) is 2.47. The van der Waals surface area contributed by atoms with Gasteiger partial charge in [-0.1, -0.05) is 0 Å². The van der Waals surface area contributed by atoms with Gasteiger partial charge < -0.3 is 4.74 Å². The molecule has 0 heterocycles. The van der Waals surface area contributed by atoms with E-state index in [2.05, 4.69) is 15.9 Å². The Labute approximate surface area is 103 Å². The summed E-state index contributed by atoms with van der Waals surface area (Å²) < 4.78 is 18.9. The van der Waals surface area contributed by atoms with Gasteiger partial charge in [-0.05, 0) is 57.6 Å². The van der Waals surface area contributed by atoms with Gasteiger partial charge in [0.2, 0.25) is 0 Å². The molecule has 0 atom stereocenters. The third-order valence-corrected chi connectivity index (χ3v) is 3.89. The largest absolute Gasteiger partial charge is 0.462 e. The number of hydrogen-bond donors (Lipinski definition) is 0. The quantitative estimate of drug-likeness (QED) is 0.452. The number of hydrogen-bond acceptors (Lipinski definition) is 2. The number of halogens is 3. The Morgan fingerprint density at radius 2 is 2.29 bits per heavy atom. The molecule has 0 radical (unpaired) electrons. The minimum absolute atomic E-state index is 0.233. The lowest BCUT2D eigenvalue weighted by Crippen LogP contribution is -2.05. The zero-order valence-electron chi connectivity index (χ0n) is 7.31. The summed E-state index contributed by atoms with van der Waals surface area (Å²) in [5.41, 5.74) is 0.233. The molecule has 0 aliphatic rings. The molecule has 0 saturated carbocycles. The maximum absolute atomic E-state index is 13.2. The van der Waals surface area contributed by atoms with Gasteiger partial charge in [-0.15, -0.1) is 0 Å². The Bertz CT molecular complexity index is 345. The summed E-state index contributed by atoms with van der Waals surface area (Å²) in [5.74, 6) is -0.961. The minimum Gasteiger partial charge on any atom is -0.462 e. The van der Waals surface area contributed by atoms with Crippen LogP contribution in [0.3, 0.4) is 0 Å². The molecule has 0 saturated heterocycles. The molecule has 0 spiro atoms. The van der Waals surface area contributed by atoms with Gasteiger partial charge in [-0.2, -0.15) is 0 Å². The summed E-state index contributed by atoms with van der Waals surface area (Å²) >= 11 is 5.01. The maximum Gasteiger partial charge on any atom is 0.338 e. The third kappa shape index (κ3) is 2.66. The highest BCUT2D eigenvalue weighted by Gasteiger charge is 2.12. The van der Waals surface area contributed by atoms with Gasteiger partial charge in [-0.3, -0.25) is 0 Å². The molecular formula is C9H7BrFIO2. The van der Waals surface area contributed by atoms with Gasteiger partial charge in [0.1, 0.15) is 5.82 Å². The molecule has 0 unspecified atom stereocenters. The first-order chi connectivity index (χ1) is 6.56. The van der Waals surface area contributed by atoms with Crippen LogP contribution in [0.2, 0.25) is 0 Å². The second kappa shape index (κ2) is 5.06. The van der Waals surface area contributed by atoms with Crippen molar-refractivity contribution in [3.8, 4) is 0 Å². The van der Waals surface area contributed by atoms with Crippen molar-refractivity contribution in [3.05, 3.63) is 31.6 Å². The van der Waals surface area contributed by atoms with Crippen molar-refractivity contribution in [2.75, 3.05) is 6.61 Å². The molecule has 0 fully saturated rings. The van der Waals surface area contributed by atoms with Crippen LogP contribution in [0.25, 0.3) is 0 Å². The molecule has 0 aromatic heterocycles. The van der Waals surface area contributed by atoms with Crippen LogP contribution in [0, 0.1) is 9.39 Å². The standard InChI is InChI=1S/C9H7BrFIO2/c1-2-14-9(13)5-3-6(11)8(10)7(12)4-5/h3-4H,2H2,1H3. The van der Waals surface area contributed by atoms with E-state index >= 15 is 0 Å². The molecule has 1 rings (SSSR count). The summed E-state index contributed by atoms with van der Waals surface area (Å²) in [6, 6.07) is 2.73. The van der Waals surface area contributed by atoms with Crippen molar-refractivity contribution in [3.63, 3.8) is 0 Å². The van der Waals surface area contributed by atoms with Crippen molar-refractivity contribution < 1.29 is 13.9 Å². The van der Waals surface area contributed by atoms with E-state index in [9.17, 15) is 9.18 Å². The van der Waals surface area contributed by atoms with Gasteiger partial charge in [0, 0.05) is 3.57 Å². The van der Waals surface area contributed by atoms with Crippen molar-refractivity contribution in [1.82, 2.24) is 0 Å². The summed E-state index contributed by atoms with van der Waals surface area (Å²) in [6.07, 6.45) is 0. The Morgan fingerprint density at radius 1 is 1.64 bits per heavy atom. The summed E-state index contributed by atoms with van der Waals surface area (Å²) in [6.45, 7) is 1.99. The van der Waals surface area contributed by atoms with E-state index in [1.165, 1.54) is 0 Å². The average Bonchev–Trinajstić information content (AvgIpc) is 2.13. The smallest absolute Gasteiger partial charge is 0.338 e. The molecule has 76 valence electrons. The molecule has 0 amide bonds. The molecule has 1 aromatic carbocycles. The van der Waals surface area contributed by atoms with Gasteiger partial charge in [-0.25, -0.2) is 9.18 Å². The van der Waals surface area contributed by atoms with E-state index in [0.29, 0.717) is 8.04 Å². The fourth-order valence-corrected chi connectivity index (χ4v) is 1.71. The SMILES string of the molecule is CCOC(=O)c1cc(F)c(Br)c(I)c1. The van der Waals surface area contributed by atoms with Crippen molar-refractivity contribution in [1.29, 1.82) is 0 Å². The van der Waals surface area contributed by atoms with Crippen LogP contribution >= 0.6 is 38.5 Å². The molecular weight excluding hydrogens is 366 g/mol. The maximum atomic E-state index is 13.2. The highest BCUT2D eigenvalue weighted by atomic mass is 127. The molecule has 1 aromatic rings. The summed E-state index contributed by atoms with van der Waals surface area (Å²) in [4.78, 5) is 11.3. The highest BCUT2D eigenvalue weighted by Crippen LogP contribution is 2.24. The summed E-state index contributed by atoms with van der Waals surface area (Å²) in [7, 11) is 0. The molecule has 0 N–H and O–H groups in total. The van der Waals surface area contributed by atoms with Gasteiger partial charge in [0.15, 0.2) is 0 Å². The topological polar surface area (TPSA) is 26.3 Å². The van der Waals surface area contributed by atoms with E-state index in [0.717, 1.165) is 6.07 Å². The number of ether oxygens (including phenoxy) is 1. The first kappa shape index (κ1) is 11.9. The van der Waals surface area contributed by atoms with Crippen LogP contribution in [-0.2, 0) is 4.74 Å². The first-order valence-electron chi connectivity index (χ1n) is 3.88. The van der Waals surface area contributed by atoms with Gasteiger partial charge in [0.05, 0.1) is 16.6 Å². The van der Waals surface area contributed by atoms with Crippen LogP contribution in [0.5, 0.6) is 0 Å². The number of benzene rings is 1. The molecule has 2 nitrogen and oxygen atoms in total. The highest BCUT2D eigenvalue weighted by molar-refractivity contribution is 14.1. The third-order valence-electron chi connectivity index (χ3n) is 1.49.